The average Bonchev–Trinajstić information content (AvgIpc) is 3.10. The largest absolute Gasteiger partial charge is 0.455 e. The maximum Gasteiger partial charge on any atom is 0.291 e. The van der Waals surface area contributed by atoms with Crippen molar-refractivity contribution in [2.24, 2.45) is 0 Å². The quantitative estimate of drug-likeness (QED) is 0.512. The first-order chi connectivity index (χ1) is 12.8. The van der Waals surface area contributed by atoms with E-state index in [0.717, 1.165) is 0 Å². The van der Waals surface area contributed by atoms with Crippen LogP contribution in [0.2, 0.25) is 0 Å². The first kappa shape index (κ1) is 18.3. The van der Waals surface area contributed by atoms with Gasteiger partial charge in [-0.05, 0) is 30.3 Å². The van der Waals surface area contributed by atoms with Gasteiger partial charge in [0.15, 0.2) is 15.6 Å². The summed E-state index contributed by atoms with van der Waals surface area (Å²) in [7, 11) is -3.60. The summed E-state index contributed by atoms with van der Waals surface area (Å²) in [5, 5.41) is 13.3. The molecule has 27 heavy (non-hydrogen) atoms. The van der Waals surface area contributed by atoms with Gasteiger partial charge in [0.05, 0.1) is 9.82 Å². The molecule has 8 nitrogen and oxygen atoms in total. The molecule has 0 unspecified atom stereocenters. The number of benzene rings is 2. The van der Waals surface area contributed by atoms with Crippen molar-refractivity contribution in [1.29, 1.82) is 0 Å². The predicted octanol–water partition coefficient (Wildman–Crippen LogP) is 3.41. The number of rotatable bonds is 6. The second-order valence-electron chi connectivity index (χ2n) is 5.60. The molecule has 0 saturated carbocycles. The number of hydrogen-bond donors (Lipinski definition) is 1. The molecular formula is C18H14N2O6S. The van der Waals surface area contributed by atoms with Gasteiger partial charge in [0.25, 0.3) is 11.6 Å². The zero-order valence-corrected chi connectivity index (χ0v) is 14.7. The minimum Gasteiger partial charge on any atom is -0.455 e. The molecule has 0 aliphatic heterocycles. The van der Waals surface area contributed by atoms with Crippen molar-refractivity contribution >= 4 is 27.1 Å². The van der Waals surface area contributed by atoms with Crippen molar-refractivity contribution in [3.63, 3.8) is 0 Å². The van der Waals surface area contributed by atoms with E-state index >= 15 is 0 Å². The number of non-ortho nitro benzene ring substituents is 1. The third-order valence-electron chi connectivity index (χ3n) is 3.63. The first-order valence-electron chi connectivity index (χ1n) is 7.77. The van der Waals surface area contributed by atoms with E-state index in [1.54, 1.807) is 18.2 Å². The summed E-state index contributed by atoms with van der Waals surface area (Å²) in [6, 6.07) is 16.1. The number of nitrogens with one attached hydrogen (secondary N) is 1. The Kier molecular flexibility index (Phi) is 5.04. The zero-order valence-electron chi connectivity index (χ0n) is 13.9. The summed E-state index contributed by atoms with van der Waals surface area (Å²) in [6.07, 6.45) is 0. The highest BCUT2D eigenvalue weighted by Crippen LogP contribution is 2.20. The molecule has 0 aliphatic carbocycles. The summed E-state index contributed by atoms with van der Waals surface area (Å²) < 4.78 is 30.0. The Balaban J connectivity index is 1.73. The molecule has 3 rings (SSSR count). The molecule has 1 heterocycles. The van der Waals surface area contributed by atoms with E-state index in [0.29, 0.717) is 0 Å². The van der Waals surface area contributed by atoms with Gasteiger partial charge in [-0.1, -0.05) is 24.3 Å². The maximum atomic E-state index is 12.3. The highest BCUT2D eigenvalue weighted by Gasteiger charge is 2.19. The van der Waals surface area contributed by atoms with Crippen LogP contribution in [0.3, 0.4) is 0 Å². The topological polar surface area (TPSA) is 120 Å². The van der Waals surface area contributed by atoms with Crippen LogP contribution in [0.15, 0.2) is 76.0 Å². The lowest BCUT2D eigenvalue weighted by Crippen LogP contribution is -2.11. The van der Waals surface area contributed by atoms with Crippen molar-refractivity contribution < 1.29 is 22.6 Å². The lowest BCUT2D eigenvalue weighted by molar-refractivity contribution is -0.384. The first-order valence-corrected chi connectivity index (χ1v) is 9.43. The zero-order chi connectivity index (χ0) is 19.4. The molecule has 0 spiro atoms. The van der Waals surface area contributed by atoms with E-state index in [4.69, 9.17) is 4.42 Å². The molecule has 138 valence electrons. The molecule has 0 radical (unpaired) electrons. The summed E-state index contributed by atoms with van der Waals surface area (Å²) in [5.74, 6) is -1.01. The highest BCUT2D eigenvalue weighted by atomic mass is 32.2. The van der Waals surface area contributed by atoms with Gasteiger partial charge in [-0.3, -0.25) is 14.9 Å². The number of sulfone groups is 1. The molecular weight excluding hydrogens is 372 g/mol. The maximum absolute atomic E-state index is 12.3. The van der Waals surface area contributed by atoms with Gasteiger partial charge in [0.1, 0.15) is 11.5 Å². The molecule has 0 aliphatic rings. The number of furan rings is 1. The smallest absolute Gasteiger partial charge is 0.291 e. The van der Waals surface area contributed by atoms with Gasteiger partial charge in [0, 0.05) is 17.8 Å². The summed E-state index contributed by atoms with van der Waals surface area (Å²) in [6.45, 7) is 0. The van der Waals surface area contributed by atoms with Crippen LogP contribution in [0.5, 0.6) is 0 Å². The van der Waals surface area contributed by atoms with Crippen LogP contribution in [0, 0.1) is 10.1 Å². The number of hydrogen-bond acceptors (Lipinski definition) is 6. The van der Waals surface area contributed by atoms with E-state index < -0.39 is 20.7 Å². The number of nitro groups is 1. The van der Waals surface area contributed by atoms with Gasteiger partial charge >= 0.3 is 0 Å². The predicted molar refractivity (Wildman–Crippen MR) is 97.1 cm³/mol. The number of nitrogens with zero attached hydrogens (tertiary/aromatic N) is 1. The van der Waals surface area contributed by atoms with Crippen molar-refractivity contribution in [2.45, 2.75) is 10.6 Å². The lowest BCUT2D eigenvalue weighted by Gasteiger charge is -2.03. The van der Waals surface area contributed by atoms with E-state index in [1.807, 2.05) is 0 Å². The van der Waals surface area contributed by atoms with Crippen molar-refractivity contribution in [3.8, 4) is 0 Å². The lowest BCUT2D eigenvalue weighted by atomic mass is 10.2. The molecule has 0 saturated heterocycles. The highest BCUT2D eigenvalue weighted by molar-refractivity contribution is 7.90. The SMILES string of the molecule is O=C(Nc1cccc([N+](=O)[O-])c1)c1ccc(CS(=O)(=O)c2ccccc2)o1. The minimum absolute atomic E-state index is 0.0974. The fourth-order valence-corrected chi connectivity index (χ4v) is 3.63. The number of carbonyl (C=O) groups excluding carboxylic acids is 1. The molecule has 0 fully saturated rings. The normalized spacial score (nSPS) is 11.1. The van der Waals surface area contributed by atoms with Gasteiger partial charge in [0.2, 0.25) is 0 Å². The second kappa shape index (κ2) is 7.42. The third-order valence-corrected chi connectivity index (χ3v) is 5.29. The van der Waals surface area contributed by atoms with Crippen molar-refractivity contribution in [1.82, 2.24) is 0 Å². The Bertz CT molecular complexity index is 1090. The molecule has 1 aromatic heterocycles. The van der Waals surface area contributed by atoms with Gasteiger partial charge < -0.3 is 9.73 Å². The van der Waals surface area contributed by atoms with Crippen LogP contribution in [-0.2, 0) is 15.6 Å². The van der Waals surface area contributed by atoms with Crippen LogP contribution < -0.4 is 5.32 Å². The molecule has 1 amide bonds. The molecule has 0 atom stereocenters. The summed E-state index contributed by atoms with van der Waals surface area (Å²) in [4.78, 5) is 22.6. The van der Waals surface area contributed by atoms with E-state index in [-0.39, 0.29) is 33.5 Å². The van der Waals surface area contributed by atoms with Crippen LogP contribution in [0.1, 0.15) is 16.3 Å². The number of nitro benzene ring substituents is 1. The fraction of sp³-hybridized carbons (Fsp3) is 0.0556. The fourth-order valence-electron chi connectivity index (χ4n) is 2.37. The molecule has 0 bridgehead atoms. The van der Waals surface area contributed by atoms with Crippen LogP contribution >= 0.6 is 0 Å². The van der Waals surface area contributed by atoms with Crippen LogP contribution in [-0.4, -0.2) is 19.2 Å². The molecule has 3 aromatic rings. The number of anilines is 1. The second-order valence-corrected chi connectivity index (χ2v) is 7.59. The van der Waals surface area contributed by atoms with Gasteiger partial charge in [-0.25, -0.2) is 8.42 Å². The van der Waals surface area contributed by atoms with E-state index in [9.17, 15) is 23.3 Å². The van der Waals surface area contributed by atoms with E-state index in [1.165, 1.54) is 48.5 Å². The standard InChI is InChI=1S/C18H14N2O6S/c21-18(19-13-5-4-6-14(11-13)20(22)23)17-10-9-15(26-17)12-27(24,25)16-7-2-1-3-8-16/h1-11H,12H2,(H,19,21). The Labute approximate surface area is 154 Å². The number of amides is 1. The Morgan fingerprint density at radius 3 is 2.48 bits per heavy atom. The molecule has 9 heteroatoms. The van der Waals surface area contributed by atoms with E-state index in [2.05, 4.69) is 5.32 Å². The molecule has 2 aromatic carbocycles. The van der Waals surface area contributed by atoms with Gasteiger partial charge in [-0.2, -0.15) is 0 Å². The van der Waals surface area contributed by atoms with Gasteiger partial charge in [-0.15, -0.1) is 0 Å². The summed E-state index contributed by atoms with van der Waals surface area (Å²) >= 11 is 0. The summed E-state index contributed by atoms with van der Waals surface area (Å²) in [5.41, 5.74) is 0.0611. The van der Waals surface area contributed by atoms with Crippen LogP contribution in [0.25, 0.3) is 0 Å². The van der Waals surface area contributed by atoms with Crippen LogP contribution in [0.4, 0.5) is 11.4 Å². The third kappa shape index (κ3) is 4.39. The Morgan fingerprint density at radius 1 is 1.04 bits per heavy atom. The number of carbonyl (C=O) groups is 1. The van der Waals surface area contributed by atoms with Crippen molar-refractivity contribution in [3.05, 3.63) is 88.4 Å². The molecule has 1 N–H and O–H groups in total. The monoisotopic (exact) mass is 386 g/mol. The average molecular weight is 386 g/mol. The Morgan fingerprint density at radius 2 is 1.78 bits per heavy atom. The Hall–Kier alpha value is -3.46. The minimum atomic E-state index is -3.60. The van der Waals surface area contributed by atoms with Crippen molar-refractivity contribution in [2.75, 3.05) is 5.32 Å².